The Labute approximate surface area is 122 Å². The normalized spacial score (nSPS) is 18.7. The van der Waals surface area contributed by atoms with Crippen molar-refractivity contribution in [2.45, 2.75) is 58.8 Å². The number of carbonyl (C=O) groups excluding carboxylic acids is 1. The van der Waals surface area contributed by atoms with Crippen LogP contribution < -0.4 is 0 Å². The molecule has 0 fully saturated rings. The molecule has 1 aromatic heterocycles. The zero-order valence-electron chi connectivity index (χ0n) is 12.7. The van der Waals surface area contributed by atoms with Crippen molar-refractivity contribution in [2.24, 2.45) is 5.92 Å². The van der Waals surface area contributed by atoms with Gasteiger partial charge in [0, 0.05) is 18.0 Å². The summed E-state index contributed by atoms with van der Waals surface area (Å²) in [4.78, 5) is 16.7. The van der Waals surface area contributed by atoms with E-state index in [2.05, 4.69) is 43.1 Å². The zero-order chi connectivity index (χ0) is 14.4. The summed E-state index contributed by atoms with van der Waals surface area (Å²) in [6.45, 7) is 4.27. The van der Waals surface area contributed by atoms with Crippen LogP contribution in [0, 0.1) is 5.92 Å². The number of hydrogen-bond donors (Lipinski definition) is 0. The first-order valence-corrected chi connectivity index (χ1v) is 7.92. The lowest BCUT2D eigenvalue weighted by atomic mass is 9.84. The minimum Gasteiger partial charge on any atom is -0.299 e. The van der Waals surface area contributed by atoms with Crippen LogP contribution in [0.25, 0.3) is 5.57 Å². The minimum absolute atomic E-state index is 0.250. The summed E-state index contributed by atoms with van der Waals surface area (Å²) >= 11 is 0. The Morgan fingerprint density at radius 3 is 2.85 bits per heavy atom. The second kappa shape index (κ2) is 7.37. The van der Waals surface area contributed by atoms with Crippen molar-refractivity contribution in [3.8, 4) is 0 Å². The van der Waals surface area contributed by atoms with E-state index >= 15 is 0 Å². The molecule has 0 bridgehead atoms. The molecule has 1 aliphatic rings. The Hall–Kier alpha value is -1.44. The summed E-state index contributed by atoms with van der Waals surface area (Å²) in [6.07, 6.45) is 8.98. The van der Waals surface area contributed by atoms with Crippen LogP contribution in [0.5, 0.6) is 0 Å². The standard InChI is InChI=1S/C18H25NO/c1-3-5-9-18(20)15-12-10-14(11-13-15)17-8-6-7-16(4-2)19-17/h6-8,10,15H,3-5,9,11-13H2,1-2H3. The molecule has 1 heterocycles. The summed E-state index contributed by atoms with van der Waals surface area (Å²) < 4.78 is 0. The first kappa shape index (κ1) is 15.0. The molecular weight excluding hydrogens is 246 g/mol. The number of Topliss-reactive ketones (excluding diaryl/α,β-unsaturated/α-hetero) is 1. The van der Waals surface area contributed by atoms with Crippen molar-refractivity contribution in [3.63, 3.8) is 0 Å². The van der Waals surface area contributed by atoms with Gasteiger partial charge >= 0.3 is 0 Å². The molecule has 1 unspecified atom stereocenters. The molecule has 0 saturated carbocycles. The van der Waals surface area contributed by atoms with Crippen molar-refractivity contribution < 1.29 is 4.79 Å². The van der Waals surface area contributed by atoms with Crippen molar-refractivity contribution >= 4 is 11.4 Å². The van der Waals surface area contributed by atoms with E-state index in [1.54, 1.807) is 0 Å². The van der Waals surface area contributed by atoms with Gasteiger partial charge in [-0.05, 0) is 49.8 Å². The van der Waals surface area contributed by atoms with Gasteiger partial charge in [-0.3, -0.25) is 9.78 Å². The first-order chi connectivity index (χ1) is 9.74. The smallest absolute Gasteiger partial charge is 0.136 e. The number of aromatic nitrogens is 1. The molecule has 2 rings (SSSR count). The van der Waals surface area contributed by atoms with Crippen LogP contribution >= 0.6 is 0 Å². The van der Waals surface area contributed by atoms with Crippen molar-refractivity contribution in [1.29, 1.82) is 0 Å². The Kier molecular flexibility index (Phi) is 5.51. The van der Waals surface area contributed by atoms with Crippen molar-refractivity contribution in [1.82, 2.24) is 4.98 Å². The highest BCUT2D eigenvalue weighted by Crippen LogP contribution is 2.30. The highest BCUT2D eigenvalue weighted by Gasteiger charge is 2.21. The molecule has 0 N–H and O–H groups in total. The summed E-state index contributed by atoms with van der Waals surface area (Å²) in [7, 11) is 0. The maximum atomic E-state index is 12.1. The van der Waals surface area contributed by atoms with E-state index in [1.807, 2.05) is 0 Å². The van der Waals surface area contributed by atoms with Crippen LogP contribution in [0.3, 0.4) is 0 Å². The third kappa shape index (κ3) is 3.78. The van der Waals surface area contributed by atoms with E-state index in [0.717, 1.165) is 56.3 Å². The van der Waals surface area contributed by atoms with E-state index in [-0.39, 0.29) is 5.92 Å². The molecular formula is C18H25NO. The fraction of sp³-hybridized carbons (Fsp3) is 0.556. The Bertz CT molecular complexity index is 490. The number of carbonyl (C=O) groups is 1. The third-order valence-corrected chi connectivity index (χ3v) is 4.14. The number of unbranched alkanes of at least 4 members (excludes halogenated alkanes) is 1. The van der Waals surface area contributed by atoms with Gasteiger partial charge in [-0.25, -0.2) is 0 Å². The number of nitrogens with zero attached hydrogens (tertiary/aromatic N) is 1. The molecule has 1 aliphatic carbocycles. The van der Waals surface area contributed by atoms with Gasteiger partial charge in [-0.2, -0.15) is 0 Å². The van der Waals surface area contributed by atoms with Crippen LogP contribution in [0.2, 0.25) is 0 Å². The van der Waals surface area contributed by atoms with Crippen molar-refractivity contribution in [2.75, 3.05) is 0 Å². The molecule has 108 valence electrons. The van der Waals surface area contributed by atoms with Gasteiger partial charge in [-0.1, -0.05) is 32.4 Å². The maximum Gasteiger partial charge on any atom is 0.136 e. The average molecular weight is 271 g/mol. The molecule has 0 radical (unpaired) electrons. The Balaban J connectivity index is 1.99. The molecule has 2 nitrogen and oxygen atoms in total. The second-order valence-corrected chi connectivity index (χ2v) is 5.64. The largest absolute Gasteiger partial charge is 0.299 e. The second-order valence-electron chi connectivity index (χ2n) is 5.64. The highest BCUT2D eigenvalue weighted by molar-refractivity contribution is 5.82. The number of ketones is 1. The summed E-state index contributed by atoms with van der Waals surface area (Å²) in [5.41, 5.74) is 3.56. The SMILES string of the molecule is CCCCC(=O)C1CC=C(c2cccc(CC)n2)CC1. The summed E-state index contributed by atoms with van der Waals surface area (Å²) in [5.74, 6) is 0.706. The predicted molar refractivity (Wildman–Crippen MR) is 83.5 cm³/mol. The molecule has 2 heteroatoms. The Morgan fingerprint density at radius 2 is 2.20 bits per heavy atom. The molecule has 0 aliphatic heterocycles. The highest BCUT2D eigenvalue weighted by atomic mass is 16.1. The zero-order valence-corrected chi connectivity index (χ0v) is 12.7. The van der Waals surface area contributed by atoms with E-state index < -0.39 is 0 Å². The van der Waals surface area contributed by atoms with E-state index in [0.29, 0.717) is 5.78 Å². The average Bonchev–Trinajstić information content (AvgIpc) is 2.52. The lowest BCUT2D eigenvalue weighted by Gasteiger charge is -2.21. The molecule has 0 saturated heterocycles. The maximum absolute atomic E-state index is 12.1. The molecule has 1 aromatic rings. The van der Waals surface area contributed by atoms with Gasteiger partial charge in [0.05, 0.1) is 5.69 Å². The fourth-order valence-corrected chi connectivity index (χ4v) is 2.77. The predicted octanol–water partition coefficient (Wildman–Crippen LogP) is 4.59. The topological polar surface area (TPSA) is 30.0 Å². The first-order valence-electron chi connectivity index (χ1n) is 7.92. The van der Waals surface area contributed by atoms with Gasteiger partial charge in [0.15, 0.2) is 0 Å². The van der Waals surface area contributed by atoms with Crippen LogP contribution in [0.4, 0.5) is 0 Å². The number of rotatable bonds is 6. The van der Waals surface area contributed by atoms with E-state index in [4.69, 9.17) is 0 Å². The minimum atomic E-state index is 0.250. The van der Waals surface area contributed by atoms with Gasteiger partial charge in [0.1, 0.15) is 5.78 Å². The monoisotopic (exact) mass is 271 g/mol. The lowest BCUT2D eigenvalue weighted by molar-refractivity contribution is -0.123. The van der Waals surface area contributed by atoms with E-state index in [1.165, 1.54) is 5.57 Å². The third-order valence-electron chi connectivity index (χ3n) is 4.14. The molecule has 1 atom stereocenters. The molecule has 20 heavy (non-hydrogen) atoms. The lowest BCUT2D eigenvalue weighted by Crippen LogP contribution is -2.16. The number of hydrogen-bond acceptors (Lipinski definition) is 2. The number of aryl methyl sites for hydroxylation is 1. The molecule has 0 amide bonds. The van der Waals surface area contributed by atoms with Gasteiger partial charge in [-0.15, -0.1) is 0 Å². The van der Waals surface area contributed by atoms with Crippen LogP contribution in [0.1, 0.15) is 63.8 Å². The molecule has 0 spiro atoms. The molecule has 0 aromatic carbocycles. The Morgan fingerprint density at radius 1 is 1.35 bits per heavy atom. The summed E-state index contributed by atoms with van der Waals surface area (Å²) in [5, 5.41) is 0. The quantitative estimate of drug-likeness (QED) is 0.757. The van der Waals surface area contributed by atoms with Gasteiger partial charge in [0.25, 0.3) is 0 Å². The van der Waals surface area contributed by atoms with E-state index in [9.17, 15) is 4.79 Å². The van der Waals surface area contributed by atoms with Crippen molar-refractivity contribution in [3.05, 3.63) is 35.7 Å². The summed E-state index contributed by atoms with van der Waals surface area (Å²) in [6, 6.07) is 6.24. The number of allylic oxidation sites excluding steroid dienone is 2. The number of pyridine rings is 1. The van der Waals surface area contributed by atoms with Gasteiger partial charge in [0.2, 0.25) is 0 Å². The van der Waals surface area contributed by atoms with Crippen LogP contribution in [0.15, 0.2) is 24.3 Å². The van der Waals surface area contributed by atoms with Crippen LogP contribution in [-0.2, 0) is 11.2 Å². The van der Waals surface area contributed by atoms with Crippen LogP contribution in [-0.4, -0.2) is 10.8 Å². The fourth-order valence-electron chi connectivity index (χ4n) is 2.77. The van der Waals surface area contributed by atoms with Gasteiger partial charge < -0.3 is 0 Å².